The molecule has 236 valence electrons. The molecule has 0 unspecified atom stereocenters. The summed E-state index contributed by atoms with van der Waals surface area (Å²) >= 11 is 1.07. The third kappa shape index (κ3) is 4.55. The summed E-state index contributed by atoms with van der Waals surface area (Å²) < 4.78 is 64.7. The van der Waals surface area contributed by atoms with Crippen molar-refractivity contribution in [2.75, 3.05) is 63.7 Å². The second kappa shape index (κ2) is 11.0. The molecule has 4 aliphatic heterocycles. The van der Waals surface area contributed by atoms with E-state index < -0.39 is 23.3 Å². The number of aromatic nitrogens is 3. The van der Waals surface area contributed by atoms with E-state index in [1.54, 1.807) is 7.05 Å². The Morgan fingerprint density at radius 2 is 1.98 bits per heavy atom. The number of ether oxygens (including phenoxy) is 3. The van der Waals surface area contributed by atoms with Gasteiger partial charge in [-0.2, -0.15) is 9.97 Å². The predicted octanol–water partition coefficient (Wildman–Crippen LogP) is 4.64. The zero-order valence-electron chi connectivity index (χ0n) is 24.7. The molecule has 0 bridgehead atoms. The normalized spacial score (nSPS) is 23.6. The summed E-state index contributed by atoms with van der Waals surface area (Å²) in [5.74, 6) is -0.645. The summed E-state index contributed by atoms with van der Waals surface area (Å²) in [7, 11) is 1.59. The quantitative estimate of drug-likeness (QED) is 0.302. The Kier molecular flexibility index (Phi) is 7.08. The van der Waals surface area contributed by atoms with Gasteiger partial charge in [-0.05, 0) is 30.5 Å². The molecule has 4 aromatic rings. The van der Waals surface area contributed by atoms with Crippen LogP contribution in [0.3, 0.4) is 0 Å². The first-order valence-electron chi connectivity index (χ1n) is 15.1. The zero-order valence-corrected chi connectivity index (χ0v) is 25.6. The molecule has 10 nitrogen and oxygen atoms in total. The molecule has 0 amide bonds. The number of morpholine rings is 1. The number of rotatable bonds is 6. The number of nitrogens with zero attached hydrogens (tertiary/aromatic N) is 6. The molecule has 7 heterocycles. The topological polar surface area (TPSA) is 111 Å². The fourth-order valence-electron chi connectivity index (χ4n) is 7.51. The van der Waals surface area contributed by atoms with Crippen molar-refractivity contribution in [3.05, 3.63) is 34.5 Å². The van der Waals surface area contributed by atoms with Crippen LogP contribution in [-0.2, 0) is 22.7 Å². The van der Waals surface area contributed by atoms with Gasteiger partial charge < -0.3 is 24.8 Å². The summed E-state index contributed by atoms with van der Waals surface area (Å²) in [4.78, 5) is 22.2. The third-order valence-electron chi connectivity index (χ3n) is 9.53. The molecule has 14 heteroatoms. The lowest BCUT2D eigenvalue weighted by Gasteiger charge is -2.32. The van der Waals surface area contributed by atoms with E-state index in [1.165, 1.54) is 6.21 Å². The summed E-state index contributed by atoms with van der Waals surface area (Å²) in [6, 6.07) is 0.0204. The van der Waals surface area contributed by atoms with Crippen molar-refractivity contribution in [2.24, 2.45) is 4.99 Å². The number of anilines is 2. The Hall–Kier alpha value is -3.59. The van der Waals surface area contributed by atoms with Crippen molar-refractivity contribution in [1.82, 2.24) is 19.9 Å². The smallest absolute Gasteiger partial charge is 0.319 e. The lowest BCUT2D eigenvalue weighted by atomic mass is 9.93. The second-order valence-corrected chi connectivity index (χ2v) is 13.1. The summed E-state index contributed by atoms with van der Waals surface area (Å²) in [6.45, 7) is 3.88. The molecular weight excluding hydrogens is 607 g/mol. The third-order valence-corrected chi connectivity index (χ3v) is 10.6. The summed E-state index contributed by atoms with van der Waals surface area (Å²) in [5, 5.41) is 1.28. The lowest BCUT2D eigenvalue weighted by molar-refractivity contribution is 0.107. The number of aliphatic imine (C=N–C) groups is 1. The number of nitrogens with two attached hydrogens (primary N) is 1. The number of hydrogen-bond acceptors (Lipinski definition) is 11. The Labute approximate surface area is 261 Å². The van der Waals surface area contributed by atoms with Gasteiger partial charge in [-0.1, -0.05) is 0 Å². The average molecular weight is 640 g/mol. The van der Waals surface area contributed by atoms with Crippen LogP contribution in [0.25, 0.3) is 32.2 Å². The summed E-state index contributed by atoms with van der Waals surface area (Å²) in [5.41, 5.74) is 8.18. The highest BCUT2D eigenvalue weighted by atomic mass is 32.1. The number of halogens is 3. The molecule has 0 spiro atoms. The van der Waals surface area contributed by atoms with E-state index in [9.17, 15) is 4.39 Å². The van der Waals surface area contributed by atoms with Gasteiger partial charge in [-0.25, -0.2) is 13.2 Å². The van der Waals surface area contributed by atoms with Crippen molar-refractivity contribution < 1.29 is 27.4 Å². The van der Waals surface area contributed by atoms with Crippen LogP contribution in [0, 0.1) is 11.6 Å². The van der Waals surface area contributed by atoms with E-state index >= 15 is 8.78 Å². The minimum absolute atomic E-state index is 0.0204. The molecule has 0 radical (unpaired) electrons. The SMILES string of the molecule is CN=Cc1c(N)sc2c(F)cnc(-c3c4c(c5c(N6CCOCC6)nc(OC[C@@]67CCCN6C[C@H](F)C7)nc5c3F)COC4)c12. The van der Waals surface area contributed by atoms with Gasteiger partial charge in [0.1, 0.15) is 24.1 Å². The Bertz CT molecular complexity index is 1860. The monoisotopic (exact) mass is 639 g/mol. The van der Waals surface area contributed by atoms with E-state index in [4.69, 9.17) is 24.9 Å². The fraction of sp³-hybridized carbons (Fsp3) is 0.484. The molecule has 4 aliphatic rings. The van der Waals surface area contributed by atoms with E-state index in [1.807, 2.05) is 0 Å². The first kappa shape index (κ1) is 28.9. The van der Waals surface area contributed by atoms with Crippen molar-refractivity contribution in [3.63, 3.8) is 0 Å². The van der Waals surface area contributed by atoms with Crippen molar-refractivity contribution in [2.45, 2.75) is 44.2 Å². The largest absolute Gasteiger partial charge is 0.461 e. The van der Waals surface area contributed by atoms with Crippen molar-refractivity contribution in [3.8, 4) is 17.3 Å². The first-order valence-corrected chi connectivity index (χ1v) is 16.0. The standard InChI is InChI=1S/C31H32F3N7O3S/c1-36-10-17-22-25(37-11-20(33)27(22)45-28(17)35)21-18-13-43-14-19(18)23-26(24(21)34)38-30(39-29(23)40-5-7-42-8-6-40)44-15-31-3-2-4-41(31)12-16(32)9-31/h10-11,16H,2-9,12-15,35H2,1H3/t16-,31+/m1/s1. The molecule has 3 fully saturated rings. The number of thiophene rings is 1. The van der Waals surface area contributed by atoms with Crippen LogP contribution < -0.4 is 15.4 Å². The predicted molar refractivity (Wildman–Crippen MR) is 166 cm³/mol. The molecular formula is C31H32F3N7O3S. The van der Waals surface area contributed by atoms with Crippen LogP contribution in [0.15, 0.2) is 11.2 Å². The van der Waals surface area contributed by atoms with Gasteiger partial charge in [0, 0.05) is 55.8 Å². The van der Waals surface area contributed by atoms with Gasteiger partial charge in [0.05, 0.1) is 58.9 Å². The molecule has 45 heavy (non-hydrogen) atoms. The Morgan fingerprint density at radius 3 is 2.80 bits per heavy atom. The summed E-state index contributed by atoms with van der Waals surface area (Å²) in [6.07, 6.45) is 3.89. The highest BCUT2D eigenvalue weighted by Crippen LogP contribution is 2.47. The zero-order chi connectivity index (χ0) is 30.9. The molecule has 1 aromatic carbocycles. The minimum atomic E-state index is -0.910. The van der Waals surface area contributed by atoms with Crippen LogP contribution in [0.2, 0.25) is 0 Å². The number of pyridine rings is 1. The second-order valence-electron chi connectivity index (χ2n) is 12.1. The maximum absolute atomic E-state index is 17.2. The van der Waals surface area contributed by atoms with Crippen LogP contribution in [0.4, 0.5) is 24.0 Å². The molecule has 3 saturated heterocycles. The van der Waals surface area contributed by atoms with E-state index in [-0.39, 0.29) is 47.3 Å². The molecule has 0 saturated carbocycles. The molecule has 2 atom stereocenters. The van der Waals surface area contributed by atoms with Gasteiger partial charge in [-0.15, -0.1) is 11.3 Å². The van der Waals surface area contributed by atoms with Crippen LogP contribution >= 0.6 is 11.3 Å². The molecule has 2 N–H and O–H groups in total. The van der Waals surface area contributed by atoms with E-state index in [0.717, 1.165) is 42.5 Å². The highest BCUT2D eigenvalue weighted by molar-refractivity contribution is 7.23. The Balaban J connectivity index is 1.34. The lowest BCUT2D eigenvalue weighted by Crippen LogP contribution is -2.43. The highest BCUT2D eigenvalue weighted by Gasteiger charge is 2.49. The minimum Gasteiger partial charge on any atom is -0.461 e. The maximum atomic E-state index is 17.2. The van der Waals surface area contributed by atoms with Crippen LogP contribution in [0.5, 0.6) is 6.01 Å². The average Bonchev–Trinajstić information content (AvgIpc) is 3.81. The van der Waals surface area contributed by atoms with Gasteiger partial charge in [0.2, 0.25) is 0 Å². The fourth-order valence-corrected chi connectivity index (χ4v) is 8.45. The van der Waals surface area contributed by atoms with Crippen LogP contribution in [-0.4, -0.2) is 90.8 Å². The van der Waals surface area contributed by atoms with E-state index in [0.29, 0.717) is 72.0 Å². The number of nitrogen functional groups attached to an aromatic ring is 1. The van der Waals surface area contributed by atoms with Crippen LogP contribution in [0.1, 0.15) is 36.0 Å². The number of fused-ring (bicyclic) bond motifs is 5. The maximum Gasteiger partial charge on any atom is 0.319 e. The molecule has 8 rings (SSSR count). The molecule has 3 aromatic heterocycles. The van der Waals surface area contributed by atoms with Gasteiger partial charge in [0.25, 0.3) is 0 Å². The number of alkyl halides is 1. The van der Waals surface area contributed by atoms with Gasteiger partial charge in [-0.3, -0.25) is 14.9 Å². The first-order chi connectivity index (χ1) is 21.9. The van der Waals surface area contributed by atoms with Gasteiger partial charge >= 0.3 is 6.01 Å². The number of hydrogen-bond donors (Lipinski definition) is 1. The van der Waals surface area contributed by atoms with E-state index in [2.05, 4.69) is 24.8 Å². The molecule has 0 aliphatic carbocycles. The Morgan fingerprint density at radius 1 is 1.16 bits per heavy atom. The van der Waals surface area contributed by atoms with Gasteiger partial charge in [0.15, 0.2) is 11.6 Å². The van der Waals surface area contributed by atoms with Crippen molar-refractivity contribution >= 4 is 49.4 Å². The van der Waals surface area contributed by atoms with Crippen molar-refractivity contribution in [1.29, 1.82) is 0 Å². The number of benzene rings is 1.